The van der Waals surface area contributed by atoms with Crippen LogP contribution in [-0.4, -0.2) is 51.7 Å². The summed E-state index contributed by atoms with van der Waals surface area (Å²) in [5, 5.41) is 11.6. The third-order valence-corrected chi connectivity index (χ3v) is 2.45. The molecule has 0 saturated heterocycles. The molecule has 7 nitrogen and oxygen atoms in total. The first kappa shape index (κ1) is 16.1. The third-order valence-electron chi connectivity index (χ3n) is 2.45. The van der Waals surface area contributed by atoms with Gasteiger partial charge in [-0.05, 0) is 12.1 Å². The quantitative estimate of drug-likeness (QED) is 0.229. The van der Waals surface area contributed by atoms with Gasteiger partial charge in [0.25, 0.3) is 0 Å². The molecule has 0 unspecified atom stereocenters. The van der Waals surface area contributed by atoms with E-state index in [0.29, 0.717) is 43.5 Å². The number of nitrogens with two attached hydrogens (primary N) is 1. The van der Waals surface area contributed by atoms with Gasteiger partial charge in [-0.3, -0.25) is 0 Å². The highest BCUT2D eigenvalue weighted by atomic mass is 16.5. The lowest BCUT2D eigenvalue weighted by atomic mass is 10.2. The Kier molecular flexibility index (Phi) is 7.23. The zero-order valence-corrected chi connectivity index (χ0v) is 11.7. The molecule has 20 heavy (non-hydrogen) atoms. The van der Waals surface area contributed by atoms with Crippen molar-refractivity contribution in [3.05, 3.63) is 23.8 Å². The molecule has 0 radical (unpaired) electrons. The second-order valence-electron chi connectivity index (χ2n) is 3.84. The van der Waals surface area contributed by atoms with Gasteiger partial charge in [0.2, 0.25) is 0 Å². The van der Waals surface area contributed by atoms with Crippen LogP contribution in [0.15, 0.2) is 23.4 Å². The number of ether oxygens (including phenoxy) is 4. The van der Waals surface area contributed by atoms with Gasteiger partial charge in [-0.25, -0.2) is 0 Å². The molecule has 0 aromatic heterocycles. The van der Waals surface area contributed by atoms with E-state index in [1.807, 2.05) is 0 Å². The minimum Gasteiger partial charge on any atom is -0.497 e. The first-order chi connectivity index (χ1) is 9.71. The van der Waals surface area contributed by atoms with Gasteiger partial charge in [0.15, 0.2) is 5.84 Å². The van der Waals surface area contributed by atoms with E-state index >= 15 is 0 Å². The number of hydrogen-bond donors (Lipinski definition) is 2. The molecule has 0 aliphatic carbocycles. The Labute approximate surface area is 117 Å². The fraction of sp³-hybridized carbons (Fsp3) is 0.462. The van der Waals surface area contributed by atoms with Gasteiger partial charge in [-0.2, -0.15) is 0 Å². The number of benzene rings is 1. The van der Waals surface area contributed by atoms with Crippen LogP contribution in [-0.2, 0) is 9.47 Å². The van der Waals surface area contributed by atoms with Crippen molar-refractivity contribution < 1.29 is 24.2 Å². The van der Waals surface area contributed by atoms with Crippen molar-refractivity contribution in [1.82, 2.24) is 0 Å². The third kappa shape index (κ3) is 5.33. The van der Waals surface area contributed by atoms with Crippen molar-refractivity contribution in [2.75, 3.05) is 40.6 Å². The fourth-order valence-corrected chi connectivity index (χ4v) is 1.44. The van der Waals surface area contributed by atoms with Gasteiger partial charge in [0, 0.05) is 18.7 Å². The van der Waals surface area contributed by atoms with E-state index < -0.39 is 0 Å². The maximum Gasteiger partial charge on any atom is 0.170 e. The lowest BCUT2D eigenvalue weighted by Gasteiger charge is -2.10. The van der Waals surface area contributed by atoms with Crippen molar-refractivity contribution in [3.8, 4) is 11.5 Å². The molecule has 0 atom stereocenters. The first-order valence-electron chi connectivity index (χ1n) is 6.07. The molecule has 0 heterocycles. The van der Waals surface area contributed by atoms with E-state index in [2.05, 4.69) is 5.16 Å². The SMILES string of the molecule is COCCOCCOc1cc(OC)cc(/C(N)=N/O)c1. The second kappa shape index (κ2) is 9.00. The van der Waals surface area contributed by atoms with Gasteiger partial charge in [0.05, 0.1) is 26.9 Å². The molecule has 1 rings (SSSR count). The monoisotopic (exact) mass is 284 g/mol. The molecule has 0 aliphatic rings. The van der Waals surface area contributed by atoms with Gasteiger partial charge < -0.3 is 29.9 Å². The predicted octanol–water partition coefficient (Wildman–Crippen LogP) is 0.831. The van der Waals surface area contributed by atoms with Gasteiger partial charge in [-0.15, -0.1) is 0 Å². The molecule has 0 spiro atoms. The van der Waals surface area contributed by atoms with Crippen molar-refractivity contribution in [3.63, 3.8) is 0 Å². The Balaban J connectivity index is 2.56. The number of methoxy groups -OCH3 is 2. The van der Waals surface area contributed by atoms with E-state index in [1.54, 1.807) is 25.3 Å². The lowest BCUT2D eigenvalue weighted by molar-refractivity contribution is 0.0544. The molecule has 0 aliphatic heterocycles. The van der Waals surface area contributed by atoms with E-state index in [0.717, 1.165) is 0 Å². The van der Waals surface area contributed by atoms with E-state index in [-0.39, 0.29) is 5.84 Å². The average Bonchev–Trinajstić information content (AvgIpc) is 2.49. The summed E-state index contributed by atoms with van der Waals surface area (Å²) in [4.78, 5) is 0. The summed E-state index contributed by atoms with van der Waals surface area (Å²) in [6.45, 7) is 1.89. The fourth-order valence-electron chi connectivity index (χ4n) is 1.44. The highest BCUT2D eigenvalue weighted by molar-refractivity contribution is 5.97. The lowest BCUT2D eigenvalue weighted by Crippen LogP contribution is -2.14. The Bertz CT molecular complexity index is 437. The standard InChI is InChI=1S/C13H20N2O5/c1-17-3-4-19-5-6-20-12-8-10(13(14)15-16)7-11(9-12)18-2/h7-9,16H,3-6H2,1-2H3,(H2,14,15). The smallest absolute Gasteiger partial charge is 0.170 e. The molecule has 7 heteroatoms. The molecule has 3 N–H and O–H groups in total. The summed E-state index contributed by atoms with van der Waals surface area (Å²) < 4.78 is 20.8. The van der Waals surface area contributed by atoms with Crippen molar-refractivity contribution in [2.24, 2.45) is 10.9 Å². The molecule has 0 fully saturated rings. The number of hydrogen-bond acceptors (Lipinski definition) is 6. The number of nitrogens with zero attached hydrogens (tertiary/aromatic N) is 1. The van der Waals surface area contributed by atoms with Crippen LogP contribution in [0.5, 0.6) is 11.5 Å². The van der Waals surface area contributed by atoms with Crippen molar-refractivity contribution in [1.29, 1.82) is 0 Å². The molecular weight excluding hydrogens is 264 g/mol. The summed E-state index contributed by atoms with van der Waals surface area (Å²) in [7, 11) is 3.15. The summed E-state index contributed by atoms with van der Waals surface area (Å²) >= 11 is 0. The zero-order chi connectivity index (χ0) is 14.8. The van der Waals surface area contributed by atoms with Gasteiger partial charge in [-0.1, -0.05) is 5.16 Å². The predicted molar refractivity (Wildman–Crippen MR) is 73.7 cm³/mol. The summed E-state index contributed by atoms with van der Waals surface area (Å²) in [6, 6.07) is 5.02. The number of oxime groups is 1. The number of amidine groups is 1. The second-order valence-corrected chi connectivity index (χ2v) is 3.84. The Morgan fingerprint density at radius 1 is 1.10 bits per heavy atom. The Hall–Kier alpha value is -1.99. The normalized spacial score (nSPS) is 11.4. The summed E-state index contributed by atoms with van der Waals surface area (Å²) in [5.74, 6) is 1.11. The van der Waals surface area contributed by atoms with Crippen LogP contribution in [0.2, 0.25) is 0 Å². The van der Waals surface area contributed by atoms with Crippen LogP contribution < -0.4 is 15.2 Å². The summed E-state index contributed by atoms with van der Waals surface area (Å²) in [5.41, 5.74) is 6.06. The zero-order valence-electron chi connectivity index (χ0n) is 11.7. The average molecular weight is 284 g/mol. The molecule has 1 aromatic carbocycles. The van der Waals surface area contributed by atoms with Crippen LogP contribution in [0.4, 0.5) is 0 Å². The van der Waals surface area contributed by atoms with Crippen molar-refractivity contribution >= 4 is 5.84 Å². The minimum atomic E-state index is -0.00917. The molecular formula is C13H20N2O5. The van der Waals surface area contributed by atoms with Crippen LogP contribution in [0.1, 0.15) is 5.56 Å². The Morgan fingerprint density at radius 3 is 2.45 bits per heavy atom. The van der Waals surface area contributed by atoms with Crippen LogP contribution in [0.3, 0.4) is 0 Å². The van der Waals surface area contributed by atoms with Crippen LogP contribution in [0, 0.1) is 0 Å². The van der Waals surface area contributed by atoms with Gasteiger partial charge in [0.1, 0.15) is 18.1 Å². The summed E-state index contributed by atoms with van der Waals surface area (Å²) in [6.07, 6.45) is 0. The highest BCUT2D eigenvalue weighted by Gasteiger charge is 2.06. The van der Waals surface area contributed by atoms with E-state index in [1.165, 1.54) is 7.11 Å². The molecule has 112 valence electrons. The molecule has 0 bridgehead atoms. The largest absolute Gasteiger partial charge is 0.497 e. The van der Waals surface area contributed by atoms with E-state index in [9.17, 15) is 0 Å². The highest BCUT2D eigenvalue weighted by Crippen LogP contribution is 2.22. The minimum absolute atomic E-state index is 0.00917. The number of rotatable bonds is 9. The Morgan fingerprint density at radius 2 is 1.80 bits per heavy atom. The topological polar surface area (TPSA) is 95.5 Å². The van der Waals surface area contributed by atoms with E-state index in [4.69, 9.17) is 29.9 Å². The van der Waals surface area contributed by atoms with Gasteiger partial charge >= 0.3 is 0 Å². The van der Waals surface area contributed by atoms with Crippen LogP contribution in [0.25, 0.3) is 0 Å². The van der Waals surface area contributed by atoms with Crippen LogP contribution >= 0.6 is 0 Å². The molecule has 0 saturated carbocycles. The van der Waals surface area contributed by atoms with Crippen molar-refractivity contribution in [2.45, 2.75) is 0 Å². The first-order valence-corrected chi connectivity index (χ1v) is 6.07. The maximum atomic E-state index is 8.69. The molecule has 1 aromatic rings. The molecule has 0 amide bonds. The maximum absolute atomic E-state index is 8.69.